The molecule has 0 unspecified atom stereocenters. The van der Waals surface area contributed by atoms with Crippen LogP contribution in [-0.4, -0.2) is 21.2 Å². The number of aromatic nitrogens is 2. The quantitative estimate of drug-likeness (QED) is 0.797. The maximum Gasteiger partial charge on any atom is 0.336 e. The predicted molar refractivity (Wildman–Crippen MR) is 77.5 cm³/mol. The lowest BCUT2D eigenvalue weighted by Crippen LogP contribution is -2.00. The summed E-state index contributed by atoms with van der Waals surface area (Å²) in [6.07, 6.45) is 1.51. The van der Waals surface area contributed by atoms with E-state index in [-0.39, 0.29) is 11.5 Å². The van der Waals surface area contributed by atoms with Crippen LogP contribution in [0, 0.1) is 6.92 Å². The second-order valence-electron chi connectivity index (χ2n) is 5.03. The van der Waals surface area contributed by atoms with Crippen molar-refractivity contribution in [3.63, 3.8) is 0 Å². The van der Waals surface area contributed by atoms with E-state index in [1.54, 1.807) is 0 Å². The molecule has 21 heavy (non-hydrogen) atoms. The van der Waals surface area contributed by atoms with Crippen LogP contribution < -0.4 is 0 Å². The van der Waals surface area contributed by atoms with Gasteiger partial charge < -0.3 is 9.63 Å². The first-order valence-electron chi connectivity index (χ1n) is 6.61. The average Bonchev–Trinajstić information content (AvgIpc) is 2.91. The van der Waals surface area contributed by atoms with E-state index in [1.165, 1.54) is 12.3 Å². The number of nitrogens with zero attached hydrogens (tertiary/aromatic N) is 2. The van der Waals surface area contributed by atoms with E-state index in [0.29, 0.717) is 10.9 Å². The fourth-order valence-electron chi connectivity index (χ4n) is 2.37. The maximum absolute atomic E-state index is 11.3. The molecule has 1 atom stereocenters. The van der Waals surface area contributed by atoms with E-state index in [4.69, 9.17) is 4.52 Å². The summed E-state index contributed by atoms with van der Waals surface area (Å²) in [7, 11) is 0. The second kappa shape index (κ2) is 5.01. The van der Waals surface area contributed by atoms with Gasteiger partial charge in [-0.3, -0.25) is 4.98 Å². The first kappa shape index (κ1) is 13.3. The zero-order valence-corrected chi connectivity index (χ0v) is 11.7. The minimum absolute atomic E-state index is 0.00236. The van der Waals surface area contributed by atoms with Crippen LogP contribution in [0.25, 0.3) is 10.9 Å². The van der Waals surface area contributed by atoms with Crippen molar-refractivity contribution in [3.8, 4) is 0 Å². The molecule has 3 rings (SSSR count). The smallest absolute Gasteiger partial charge is 0.336 e. The normalized spacial score (nSPS) is 12.5. The Labute approximate surface area is 121 Å². The number of aromatic carboxylic acids is 1. The highest BCUT2D eigenvalue weighted by atomic mass is 16.5. The van der Waals surface area contributed by atoms with E-state index in [9.17, 15) is 9.90 Å². The number of carboxylic acid groups (broad SMARTS) is 1. The third-order valence-electron chi connectivity index (χ3n) is 3.57. The molecule has 106 valence electrons. The Hall–Kier alpha value is -2.69. The summed E-state index contributed by atoms with van der Waals surface area (Å²) < 4.78 is 5.29. The lowest BCUT2D eigenvalue weighted by atomic mass is 9.95. The molecule has 5 nitrogen and oxygen atoms in total. The molecule has 0 aliphatic rings. The largest absolute Gasteiger partial charge is 0.478 e. The number of aryl methyl sites for hydroxylation is 1. The van der Waals surface area contributed by atoms with Crippen LogP contribution in [0.5, 0.6) is 0 Å². The molecule has 1 aromatic carbocycles. The van der Waals surface area contributed by atoms with Crippen molar-refractivity contribution in [2.75, 3.05) is 0 Å². The van der Waals surface area contributed by atoms with E-state index < -0.39 is 5.97 Å². The van der Waals surface area contributed by atoms with Gasteiger partial charge in [0.2, 0.25) is 0 Å². The van der Waals surface area contributed by atoms with Crippen molar-refractivity contribution in [2.24, 2.45) is 0 Å². The van der Waals surface area contributed by atoms with Crippen molar-refractivity contribution >= 4 is 16.9 Å². The van der Waals surface area contributed by atoms with Gasteiger partial charge in [-0.05, 0) is 30.7 Å². The Morgan fingerprint density at radius 1 is 1.29 bits per heavy atom. The van der Waals surface area contributed by atoms with Crippen molar-refractivity contribution in [1.82, 2.24) is 10.1 Å². The molecule has 0 bridgehead atoms. The van der Waals surface area contributed by atoms with Crippen LogP contribution in [-0.2, 0) is 0 Å². The molecule has 0 spiro atoms. The zero-order valence-electron chi connectivity index (χ0n) is 11.7. The summed E-state index contributed by atoms with van der Waals surface area (Å²) >= 11 is 0. The molecule has 0 aliphatic heterocycles. The Bertz CT molecular complexity index is 823. The lowest BCUT2D eigenvalue weighted by Gasteiger charge is -2.10. The number of rotatable bonds is 3. The number of benzene rings is 1. The Morgan fingerprint density at radius 2 is 2.10 bits per heavy atom. The number of hydrogen-bond donors (Lipinski definition) is 1. The topological polar surface area (TPSA) is 76.2 Å². The number of fused-ring (bicyclic) bond motifs is 1. The SMILES string of the molecule is Cc1cc([C@H](C)c2ccc3nccc(C(=O)O)c3c2)on1. The fraction of sp³-hybridized carbons (Fsp3) is 0.188. The van der Waals surface area contributed by atoms with E-state index in [1.807, 2.05) is 38.1 Å². The van der Waals surface area contributed by atoms with E-state index in [0.717, 1.165) is 17.0 Å². The van der Waals surface area contributed by atoms with Gasteiger partial charge in [-0.1, -0.05) is 18.1 Å². The Kier molecular flexibility index (Phi) is 3.17. The van der Waals surface area contributed by atoms with Gasteiger partial charge in [0.05, 0.1) is 16.8 Å². The Morgan fingerprint density at radius 3 is 2.76 bits per heavy atom. The van der Waals surface area contributed by atoms with E-state index in [2.05, 4.69) is 10.1 Å². The molecule has 3 aromatic rings. The molecule has 0 saturated carbocycles. The lowest BCUT2D eigenvalue weighted by molar-refractivity contribution is 0.0699. The number of pyridine rings is 1. The minimum Gasteiger partial charge on any atom is -0.478 e. The highest BCUT2D eigenvalue weighted by Crippen LogP contribution is 2.28. The monoisotopic (exact) mass is 282 g/mol. The zero-order chi connectivity index (χ0) is 15.0. The highest BCUT2D eigenvalue weighted by Gasteiger charge is 2.16. The molecule has 2 heterocycles. The highest BCUT2D eigenvalue weighted by molar-refractivity contribution is 6.02. The van der Waals surface area contributed by atoms with Gasteiger partial charge in [-0.2, -0.15) is 0 Å². The van der Waals surface area contributed by atoms with Gasteiger partial charge in [0, 0.05) is 23.6 Å². The summed E-state index contributed by atoms with van der Waals surface area (Å²) in [5.41, 5.74) is 2.71. The Balaban J connectivity index is 2.12. The third-order valence-corrected chi connectivity index (χ3v) is 3.57. The molecule has 1 N–H and O–H groups in total. The van der Waals surface area contributed by atoms with Crippen LogP contribution in [0.15, 0.2) is 41.1 Å². The summed E-state index contributed by atoms with van der Waals surface area (Å²) in [6, 6.07) is 9.02. The average molecular weight is 282 g/mol. The summed E-state index contributed by atoms with van der Waals surface area (Å²) in [5, 5.41) is 13.8. The van der Waals surface area contributed by atoms with Gasteiger partial charge in [-0.15, -0.1) is 0 Å². The summed E-state index contributed by atoms with van der Waals surface area (Å²) in [5.74, 6) is -0.201. The van der Waals surface area contributed by atoms with Gasteiger partial charge in [0.1, 0.15) is 5.76 Å². The van der Waals surface area contributed by atoms with Crippen molar-refractivity contribution in [3.05, 3.63) is 59.1 Å². The number of hydrogen-bond acceptors (Lipinski definition) is 4. The van der Waals surface area contributed by atoms with Crippen molar-refractivity contribution in [2.45, 2.75) is 19.8 Å². The standard InChI is InChI=1S/C16H14N2O3/c1-9-7-15(21-18-9)10(2)11-3-4-14-13(8-11)12(16(19)20)5-6-17-14/h3-8,10H,1-2H3,(H,19,20)/t10-/m1/s1. The van der Waals surface area contributed by atoms with Gasteiger partial charge >= 0.3 is 5.97 Å². The molecule has 0 amide bonds. The second-order valence-corrected chi connectivity index (χ2v) is 5.03. The van der Waals surface area contributed by atoms with Crippen LogP contribution in [0.4, 0.5) is 0 Å². The van der Waals surface area contributed by atoms with Crippen LogP contribution >= 0.6 is 0 Å². The molecule has 0 fully saturated rings. The van der Waals surface area contributed by atoms with Gasteiger partial charge in [0.15, 0.2) is 0 Å². The first-order chi connectivity index (χ1) is 10.1. The number of carbonyl (C=O) groups is 1. The molecule has 0 radical (unpaired) electrons. The predicted octanol–water partition coefficient (Wildman–Crippen LogP) is 3.38. The molecule has 2 aromatic heterocycles. The minimum atomic E-state index is -0.956. The molecule has 5 heteroatoms. The molecular formula is C16H14N2O3. The van der Waals surface area contributed by atoms with Gasteiger partial charge in [0.25, 0.3) is 0 Å². The molecule has 0 aliphatic carbocycles. The van der Waals surface area contributed by atoms with Gasteiger partial charge in [-0.25, -0.2) is 4.79 Å². The van der Waals surface area contributed by atoms with Crippen molar-refractivity contribution < 1.29 is 14.4 Å². The molecular weight excluding hydrogens is 268 g/mol. The number of carboxylic acids is 1. The van der Waals surface area contributed by atoms with Crippen LogP contribution in [0.1, 0.15) is 40.2 Å². The maximum atomic E-state index is 11.3. The molecule has 0 saturated heterocycles. The summed E-state index contributed by atoms with van der Waals surface area (Å²) in [6.45, 7) is 3.87. The summed E-state index contributed by atoms with van der Waals surface area (Å²) in [4.78, 5) is 15.5. The van der Waals surface area contributed by atoms with Crippen LogP contribution in [0.3, 0.4) is 0 Å². The first-order valence-corrected chi connectivity index (χ1v) is 6.61. The fourth-order valence-corrected chi connectivity index (χ4v) is 2.37. The van der Waals surface area contributed by atoms with E-state index >= 15 is 0 Å². The van der Waals surface area contributed by atoms with Crippen molar-refractivity contribution in [1.29, 1.82) is 0 Å². The third kappa shape index (κ3) is 2.38. The van der Waals surface area contributed by atoms with Crippen LogP contribution in [0.2, 0.25) is 0 Å².